The van der Waals surface area contributed by atoms with Crippen LogP contribution in [0, 0.1) is 0 Å². The molecule has 290 valence electrons. The molecular formula is C42H70N2O7. The second-order valence-corrected chi connectivity index (χ2v) is 13.0. The SMILES string of the molecule is CC/C=C\C/C=C\C/C=C\C/C=C\CCC(CCCCCCCC(=O)NCC(=O)NC(CO)C(=O)O)OC(=O)CCCCCCC/C=C\CCC. The molecule has 0 aliphatic heterocycles. The fraction of sp³-hybridized carbons (Fsp3) is 0.667. The van der Waals surface area contributed by atoms with Crippen LogP contribution in [0.5, 0.6) is 0 Å². The molecule has 4 N–H and O–H groups in total. The van der Waals surface area contributed by atoms with Gasteiger partial charge in [0.15, 0.2) is 0 Å². The Labute approximate surface area is 309 Å². The highest BCUT2D eigenvalue weighted by atomic mass is 16.5. The highest BCUT2D eigenvalue weighted by molar-refractivity contribution is 5.87. The van der Waals surface area contributed by atoms with Crippen molar-refractivity contribution in [1.29, 1.82) is 0 Å². The molecule has 51 heavy (non-hydrogen) atoms. The molecule has 0 heterocycles. The summed E-state index contributed by atoms with van der Waals surface area (Å²) in [6.07, 6.45) is 42.5. The molecule has 0 bridgehead atoms. The van der Waals surface area contributed by atoms with Crippen LogP contribution in [0.1, 0.15) is 155 Å². The zero-order valence-corrected chi connectivity index (χ0v) is 31.8. The van der Waals surface area contributed by atoms with Gasteiger partial charge < -0.3 is 25.6 Å². The highest BCUT2D eigenvalue weighted by Crippen LogP contribution is 2.17. The summed E-state index contributed by atoms with van der Waals surface area (Å²) in [7, 11) is 0. The Balaban J connectivity index is 4.46. The van der Waals surface area contributed by atoms with Gasteiger partial charge in [0.2, 0.25) is 11.8 Å². The third-order valence-electron chi connectivity index (χ3n) is 8.24. The van der Waals surface area contributed by atoms with Gasteiger partial charge in [0.25, 0.3) is 0 Å². The summed E-state index contributed by atoms with van der Waals surface area (Å²) in [6.45, 7) is 3.28. The number of rotatable bonds is 34. The zero-order chi connectivity index (χ0) is 37.6. The number of hydrogen-bond acceptors (Lipinski definition) is 6. The van der Waals surface area contributed by atoms with Crippen molar-refractivity contribution in [3.05, 3.63) is 60.8 Å². The maximum Gasteiger partial charge on any atom is 0.328 e. The van der Waals surface area contributed by atoms with Gasteiger partial charge in [-0.25, -0.2) is 4.79 Å². The first kappa shape index (κ1) is 47.5. The number of hydrogen-bond donors (Lipinski definition) is 4. The molecule has 2 unspecified atom stereocenters. The minimum Gasteiger partial charge on any atom is -0.480 e. The number of unbranched alkanes of at least 4 members (excludes halogenated alkanes) is 10. The molecule has 0 aromatic heterocycles. The topological polar surface area (TPSA) is 142 Å². The normalized spacial score (nSPS) is 13.2. The lowest BCUT2D eigenvalue weighted by Crippen LogP contribution is -2.47. The van der Waals surface area contributed by atoms with Gasteiger partial charge in [0.05, 0.1) is 13.2 Å². The van der Waals surface area contributed by atoms with E-state index in [0.717, 1.165) is 103 Å². The van der Waals surface area contributed by atoms with Crippen LogP contribution in [-0.2, 0) is 23.9 Å². The van der Waals surface area contributed by atoms with E-state index < -0.39 is 24.5 Å². The number of carboxylic acids is 1. The van der Waals surface area contributed by atoms with Crippen LogP contribution in [-0.4, -0.2) is 59.3 Å². The van der Waals surface area contributed by atoms with Gasteiger partial charge in [-0.3, -0.25) is 14.4 Å². The van der Waals surface area contributed by atoms with Crippen molar-refractivity contribution in [3.63, 3.8) is 0 Å². The summed E-state index contributed by atoms with van der Waals surface area (Å²) in [4.78, 5) is 47.4. The molecule has 0 aliphatic rings. The number of carbonyl (C=O) groups excluding carboxylic acids is 3. The Morgan fingerprint density at radius 2 is 1.16 bits per heavy atom. The Morgan fingerprint density at radius 1 is 0.608 bits per heavy atom. The van der Waals surface area contributed by atoms with Crippen LogP contribution < -0.4 is 10.6 Å². The van der Waals surface area contributed by atoms with E-state index in [1.54, 1.807) is 0 Å². The van der Waals surface area contributed by atoms with E-state index in [2.05, 4.69) is 85.2 Å². The number of carboxylic acid groups (broad SMARTS) is 1. The lowest BCUT2D eigenvalue weighted by atomic mass is 10.0. The van der Waals surface area contributed by atoms with Gasteiger partial charge in [0, 0.05) is 12.8 Å². The Morgan fingerprint density at radius 3 is 1.78 bits per heavy atom. The number of carbonyl (C=O) groups is 4. The molecule has 0 rings (SSSR count). The summed E-state index contributed by atoms with van der Waals surface area (Å²) >= 11 is 0. The second-order valence-electron chi connectivity index (χ2n) is 13.0. The number of aliphatic hydroxyl groups excluding tert-OH is 1. The van der Waals surface area contributed by atoms with Crippen LogP contribution in [0.2, 0.25) is 0 Å². The molecule has 0 aromatic carbocycles. The number of amides is 2. The molecule has 0 saturated carbocycles. The van der Waals surface area contributed by atoms with Crippen LogP contribution in [0.15, 0.2) is 60.8 Å². The average Bonchev–Trinajstić information content (AvgIpc) is 3.11. The lowest BCUT2D eigenvalue weighted by molar-refractivity contribution is -0.150. The molecule has 9 heteroatoms. The summed E-state index contributed by atoms with van der Waals surface area (Å²) in [5.74, 6) is -2.37. The Hall–Kier alpha value is -3.46. The summed E-state index contributed by atoms with van der Waals surface area (Å²) in [5.41, 5.74) is 0. The maximum absolute atomic E-state index is 12.7. The number of aliphatic carboxylic acids is 1. The lowest BCUT2D eigenvalue weighted by Gasteiger charge is -2.17. The van der Waals surface area contributed by atoms with Gasteiger partial charge >= 0.3 is 11.9 Å². The predicted octanol–water partition coefficient (Wildman–Crippen LogP) is 8.98. The number of allylic oxidation sites excluding steroid dienone is 10. The molecule has 0 aliphatic carbocycles. The summed E-state index contributed by atoms with van der Waals surface area (Å²) < 4.78 is 5.95. The van der Waals surface area contributed by atoms with Crippen molar-refractivity contribution in [1.82, 2.24) is 10.6 Å². The van der Waals surface area contributed by atoms with Crippen molar-refractivity contribution in [3.8, 4) is 0 Å². The average molecular weight is 715 g/mol. The van der Waals surface area contributed by atoms with Crippen molar-refractivity contribution in [2.24, 2.45) is 0 Å². The summed E-state index contributed by atoms with van der Waals surface area (Å²) in [6, 6.07) is -1.39. The first-order valence-electron chi connectivity index (χ1n) is 19.7. The molecule has 0 aromatic rings. The highest BCUT2D eigenvalue weighted by Gasteiger charge is 2.19. The molecule has 0 saturated heterocycles. The molecular weight excluding hydrogens is 644 g/mol. The van der Waals surface area contributed by atoms with Gasteiger partial charge in [-0.05, 0) is 83.5 Å². The zero-order valence-electron chi connectivity index (χ0n) is 31.8. The van der Waals surface area contributed by atoms with Crippen LogP contribution in [0.3, 0.4) is 0 Å². The van der Waals surface area contributed by atoms with E-state index in [1.807, 2.05) is 0 Å². The number of esters is 1. The minimum absolute atomic E-state index is 0.0945. The van der Waals surface area contributed by atoms with Gasteiger partial charge in [-0.15, -0.1) is 0 Å². The molecule has 2 atom stereocenters. The van der Waals surface area contributed by atoms with Gasteiger partial charge in [0.1, 0.15) is 12.1 Å². The Bertz CT molecular complexity index is 1050. The number of ether oxygens (including phenoxy) is 1. The van der Waals surface area contributed by atoms with Crippen LogP contribution in [0.25, 0.3) is 0 Å². The monoisotopic (exact) mass is 715 g/mol. The third kappa shape index (κ3) is 33.4. The standard InChI is InChI=1S/C42H70N2O7/c1-3-5-7-9-11-13-15-16-17-18-20-23-27-31-37(51-41(48)34-30-26-21-19-14-12-10-8-6-4-2)32-28-24-22-25-29-33-39(46)43-35-40(47)44-38(36-45)42(49)50/h5,7-8,10-11,13,16-17,20,23,37-38,45H,3-4,6,9,12,14-15,18-19,21-22,24-36H2,1-2H3,(H,43,46)(H,44,47)(H,49,50)/b7-5-,10-8-,13-11-,17-16-,23-20-. The van der Waals surface area contributed by atoms with E-state index in [9.17, 15) is 19.2 Å². The van der Waals surface area contributed by atoms with Crippen LogP contribution in [0.4, 0.5) is 0 Å². The van der Waals surface area contributed by atoms with Crippen molar-refractivity contribution < 1.29 is 34.1 Å². The first-order chi connectivity index (χ1) is 24.8. The quantitative estimate of drug-likeness (QED) is 0.0296. The van der Waals surface area contributed by atoms with Crippen molar-refractivity contribution in [2.45, 2.75) is 167 Å². The number of nitrogens with one attached hydrogen (secondary N) is 2. The molecule has 0 radical (unpaired) electrons. The van der Waals surface area contributed by atoms with Gasteiger partial charge in [-0.1, -0.05) is 120 Å². The predicted molar refractivity (Wildman–Crippen MR) is 208 cm³/mol. The fourth-order valence-electron chi connectivity index (χ4n) is 5.24. The van der Waals surface area contributed by atoms with E-state index in [0.29, 0.717) is 12.8 Å². The smallest absolute Gasteiger partial charge is 0.328 e. The molecule has 0 spiro atoms. The third-order valence-corrected chi connectivity index (χ3v) is 8.24. The van der Waals surface area contributed by atoms with Gasteiger partial charge in [-0.2, -0.15) is 0 Å². The van der Waals surface area contributed by atoms with Crippen LogP contribution >= 0.6 is 0 Å². The molecule has 9 nitrogen and oxygen atoms in total. The fourth-order valence-corrected chi connectivity index (χ4v) is 5.24. The van der Waals surface area contributed by atoms with Crippen molar-refractivity contribution >= 4 is 23.8 Å². The first-order valence-corrected chi connectivity index (χ1v) is 19.7. The minimum atomic E-state index is -1.39. The van der Waals surface area contributed by atoms with E-state index in [1.165, 1.54) is 19.3 Å². The van der Waals surface area contributed by atoms with E-state index in [4.69, 9.17) is 14.9 Å². The number of aliphatic hydroxyl groups is 1. The second kappa shape index (κ2) is 36.3. The van der Waals surface area contributed by atoms with E-state index in [-0.39, 0.29) is 30.9 Å². The maximum atomic E-state index is 12.7. The van der Waals surface area contributed by atoms with Crippen molar-refractivity contribution in [2.75, 3.05) is 13.2 Å². The molecule has 2 amide bonds. The summed E-state index contributed by atoms with van der Waals surface area (Å²) in [5, 5.41) is 22.5. The Kier molecular flexibility index (Phi) is 33.9. The van der Waals surface area contributed by atoms with E-state index >= 15 is 0 Å². The molecule has 0 fully saturated rings. The largest absolute Gasteiger partial charge is 0.480 e.